The zero-order chi connectivity index (χ0) is 27.3. The average Bonchev–Trinajstić information content (AvgIpc) is 3.38. The second-order valence-electron chi connectivity index (χ2n) is 9.74. The van der Waals surface area contributed by atoms with Gasteiger partial charge in [0.25, 0.3) is 0 Å². The van der Waals surface area contributed by atoms with Crippen LogP contribution in [0.1, 0.15) is 28.0 Å². The van der Waals surface area contributed by atoms with Crippen LogP contribution in [0, 0.1) is 0 Å². The molecule has 1 aromatic heterocycles. The van der Waals surface area contributed by atoms with Crippen LogP contribution in [0.2, 0.25) is 0 Å². The van der Waals surface area contributed by atoms with E-state index in [1.165, 1.54) is 0 Å². The second kappa shape index (κ2) is 11.4. The fourth-order valence-corrected chi connectivity index (χ4v) is 5.20. The summed E-state index contributed by atoms with van der Waals surface area (Å²) >= 11 is 0. The molecule has 0 saturated carbocycles. The molecule has 0 amide bonds. The van der Waals surface area contributed by atoms with Crippen LogP contribution < -0.4 is 9.47 Å². The smallest absolute Gasteiger partial charge is 0.352 e. The highest BCUT2D eigenvalue weighted by Crippen LogP contribution is 2.34. The van der Waals surface area contributed by atoms with Crippen LogP contribution in [0.15, 0.2) is 115 Å². The monoisotopic (exact) mass is 527 g/mol. The van der Waals surface area contributed by atoms with Crippen molar-refractivity contribution in [1.82, 2.24) is 4.98 Å². The van der Waals surface area contributed by atoms with Crippen molar-refractivity contribution in [2.75, 3.05) is 6.61 Å². The Morgan fingerprint density at radius 1 is 0.750 bits per heavy atom. The fraction of sp³-hybridized carbons (Fsp3) is 0.114. The minimum absolute atomic E-state index is 0.226. The normalized spacial score (nSPS) is 11.1. The van der Waals surface area contributed by atoms with Crippen molar-refractivity contribution < 1.29 is 19.4 Å². The number of benzene rings is 5. The van der Waals surface area contributed by atoms with Gasteiger partial charge in [-0.1, -0.05) is 97.1 Å². The molecule has 198 valence electrons. The van der Waals surface area contributed by atoms with E-state index in [2.05, 4.69) is 23.2 Å². The minimum Gasteiger partial charge on any atom is -0.493 e. The molecule has 0 aliphatic carbocycles. The Kier molecular flexibility index (Phi) is 7.18. The van der Waals surface area contributed by atoms with Crippen molar-refractivity contribution in [3.05, 3.63) is 132 Å². The number of aromatic carboxylic acids is 1. The SMILES string of the molecule is O=C(O)c1[nH]c2c(-c3cccc(OCc4ccccc4)c3)cccc2c1CCCOc1cccc2ccccc12. The van der Waals surface area contributed by atoms with Crippen molar-refractivity contribution in [2.24, 2.45) is 0 Å². The lowest BCUT2D eigenvalue weighted by Gasteiger charge is -2.10. The molecule has 0 aliphatic rings. The van der Waals surface area contributed by atoms with Gasteiger partial charge in [0, 0.05) is 16.3 Å². The Bertz CT molecular complexity index is 1780. The molecule has 5 nitrogen and oxygen atoms in total. The summed E-state index contributed by atoms with van der Waals surface area (Å²) in [4.78, 5) is 15.4. The highest BCUT2D eigenvalue weighted by atomic mass is 16.5. The zero-order valence-corrected chi connectivity index (χ0v) is 22.0. The van der Waals surface area contributed by atoms with Crippen LogP contribution >= 0.6 is 0 Å². The molecule has 0 spiro atoms. The number of para-hydroxylation sites is 1. The second-order valence-corrected chi connectivity index (χ2v) is 9.74. The lowest BCUT2D eigenvalue weighted by molar-refractivity contribution is 0.0690. The van der Waals surface area contributed by atoms with Crippen LogP contribution in [0.4, 0.5) is 0 Å². The number of carboxylic acid groups (broad SMARTS) is 1. The molecule has 2 N–H and O–H groups in total. The number of aromatic amines is 1. The van der Waals surface area contributed by atoms with Gasteiger partial charge in [0.2, 0.25) is 0 Å². The van der Waals surface area contributed by atoms with Gasteiger partial charge in [-0.05, 0) is 53.1 Å². The first-order valence-corrected chi connectivity index (χ1v) is 13.4. The quantitative estimate of drug-likeness (QED) is 0.176. The Morgan fingerprint density at radius 2 is 1.50 bits per heavy atom. The third kappa shape index (κ3) is 5.27. The maximum Gasteiger partial charge on any atom is 0.352 e. The van der Waals surface area contributed by atoms with Crippen LogP contribution in [-0.2, 0) is 13.0 Å². The Morgan fingerprint density at radius 3 is 2.38 bits per heavy atom. The van der Waals surface area contributed by atoms with E-state index in [0.717, 1.165) is 55.4 Å². The maximum absolute atomic E-state index is 12.2. The molecule has 6 rings (SSSR count). The van der Waals surface area contributed by atoms with Crippen LogP contribution in [0.5, 0.6) is 11.5 Å². The molecule has 0 unspecified atom stereocenters. The van der Waals surface area contributed by atoms with Gasteiger partial charge in [-0.3, -0.25) is 0 Å². The van der Waals surface area contributed by atoms with Crippen molar-refractivity contribution in [3.8, 4) is 22.6 Å². The number of ether oxygens (including phenoxy) is 2. The molecule has 1 heterocycles. The topological polar surface area (TPSA) is 71.5 Å². The Hall–Kier alpha value is -5.03. The highest BCUT2D eigenvalue weighted by molar-refractivity contribution is 6.03. The lowest BCUT2D eigenvalue weighted by atomic mass is 9.99. The number of rotatable bonds is 10. The largest absolute Gasteiger partial charge is 0.493 e. The minimum atomic E-state index is -0.966. The van der Waals surface area contributed by atoms with Gasteiger partial charge in [0.15, 0.2) is 0 Å². The number of aryl methyl sites for hydroxylation is 1. The molecule has 6 aromatic rings. The Labute approximate surface area is 232 Å². The van der Waals surface area contributed by atoms with Gasteiger partial charge in [0.05, 0.1) is 12.1 Å². The van der Waals surface area contributed by atoms with E-state index in [-0.39, 0.29) is 5.69 Å². The average molecular weight is 528 g/mol. The number of fused-ring (bicyclic) bond motifs is 2. The summed E-state index contributed by atoms with van der Waals surface area (Å²) in [6, 6.07) is 38.1. The van der Waals surface area contributed by atoms with E-state index in [0.29, 0.717) is 26.1 Å². The number of carbonyl (C=O) groups is 1. The van der Waals surface area contributed by atoms with Crippen molar-refractivity contribution >= 4 is 27.6 Å². The van der Waals surface area contributed by atoms with Crippen LogP contribution in [0.3, 0.4) is 0 Å². The fourth-order valence-electron chi connectivity index (χ4n) is 5.20. The van der Waals surface area contributed by atoms with Gasteiger partial charge in [-0.15, -0.1) is 0 Å². The van der Waals surface area contributed by atoms with Crippen molar-refractivity contribution in [2.45, 2.75) is 19.4 Å². The van der Waals surface area contributed by atoms with Crippen LogP contribution in [0.25, 0.3) is 32.8 Å². The first-order valence-electron chi connectivity index (χ1n) is 13.4. The number of hydrogen-bond acceptors (Lipinski definition) is 3. The molecular weight excluding hydrogens is 498 g/mol. The number of carboxylic acids is 1. The van der Waals surface area contributed by atoms with Gasteiger partial charge in [0.1, 0.15) is 23.8 Å². The zero-order valence-electron chi connectivity index (χ0n) is 22.0. The number of H-pyrrole nitrogens is 1. The van der Waals surface area contributed by atoms with Gasteiger partial charge in [-0.25, -0.2) is 4.79 Å². The van der Waals surface area contributed by atoms with E-state index in [1.807, 2.05) is 97.1 Å². The van der Waals surface area contributed by atoms with Crippen LogP contribution in [-0.4, -0.2) is 22.7 Å². The summed E-state index contributed by atoms with van der Waals surface area (Å²) < 4.78 is 12.2. The lowest BCUT2D eigenvalue weighted by Crippen LogP contribution is -2.04. The summed E-state index contributed by atoms with van der Waals surface area (Å²) in [5.41, 5.74) is 4.82. The summed E-state index contributed by atoms with van der Waals surface area (Å²) in [7, 11) is 0. The summed E-state index contributed by atoms with van der Waals surface area (Å²) in [6.07, 6.45) is 1.26. The molecule has 0 saturated heterocycles. The standard InChI is InChI=1S/C35H29NO4/c37-35(38)34-31(19-9-21-39-32-20-7-13-25-12-4-5-16-28(25)32)30-18-8-17-29(33(30)36-34)26-14-6-15-27(22-26)40-23-24-10-2-1-3-11-24/h1-8,10-18,20,22,36H,9,19,21,23H2,(H,37,38). The van der Waals surface area contributed by atoms with E-state index < -0.39 is 5.97 Å². The first kappa shape index (κ1) is 25.3. The Balaban J connectivity index is 1.23. The molecule has 0 atom stereocenters. The predicted molar refractivity (Wildman–Crippen MR) is 159 cm³/mol. The molecular formula is C35H29NO4. The summed E-state index contributed by atoms with van der Waals surface area (Å²) in [5, 5.41) is 13.1. The highest BCUT2D eigenvalue weighted by Gasteiger charge is 2.19. The predicted octanol–water partition coefficient (Wildman–Crippen LogP) is 8.28. The summed E-state index contributed by atoms with van der Waals surface area (Å²) in [5.74, 6) is 0.633. The van der Waals surface area contributed by atoms with E-state index in [4.69, 9.17) is 9.47 Å². The third-order valence-electron chi connectivity index (χ3n) is 7.13. The van der Waals surface area contributed by atoms with E-state index in [1.54, 1.807) is 0 Å². The number of aromatic nitrogens is 1. The van der Waals surface area contributed by atoms with Gasteiger partial charge in [-0.2, -0.15) is 0 Å². The molecule has 0 aliphatic heterocycles. The maximum atomic E-state index is 12.2. The summed E-state index contributed by atoms with van der Waals surface area (Å²) in [6.45, 7) is 0.964. The third-order valence-corrected chi connectivity index (χ3v) is 7.13. The van der Waals surface area contributed by atoms with Crippen molar-refractivity contribution in [3.63, 3.8) is 0 Å². The van der Waals surface area contributed by atoms with Gasteiger partial charge < -0.3 is 19.6 Å². The number of hydrogen-bond donors (Lipinski definition) is 2. The van der Waals surface area contributed by atoms with Gasteiger partial charge >= 0.3 is 5.97 Å². The molecule has 40 heavy (non-hydrogen) atoms. The molecule has 5 heteroatoms. The molecule has 5 aromatic carbocycles. The first-order chi connectivity index (χ1) is 19.7. The molecule has 0 bridgehead atoms. The van der Waals surface area contributed by atoms with Crippen molar-refractivity contribution in [1.29, 1.82) is 0 Å². The van der Waals surface area contributed by atoms with E-state index >= 15 is 0 Å². The van der Waals surface area contributed by atoms with E-state index in [9.17, 15) is 9.90 Å². The molecule has 0 fully saturated rings. The molecule has 0 radical (unpaired) electrons. The number of nitrogens with one attached hydrogen (secondary N) is 1.